The fourth-order valence-corrected chi connectivity index (χ4v) is 3.97. The van der Waals surface area contributed by atoms with Gasteiger partial charge in [-0.1, -0.05) is 12.8 Å². The quantitative estimate of drug-likeness (QED) is 0.753. The van der Waals surface area contributed by atoms with Gasteiger partial charge in [0, 0.05) is 18.0 Å². The summed E-state index contributed by atoms with van der Waals surface area (Å²) in [5.74, 6) is 0.119. The summed E-state index contributed by atoms with van der Waals surface area (Å²) in [5, 5.41) is 0.106. The minimum absolute atomic E-state index is 0.106. The Hall–Kier alpha value is -0.540. The van der Waals surface area contributed by atoms with E-state index in [1.54, 1.807) is 11.3 Å². The molecule has 2 atom stereocenters. The van der Waals surface area contributed by atoms with Crippen molar-refractivity contribution in [1.82, 2.24) is 4.90 Å². The van der Waals surface area contributed by atoms with Gasteiger partial charge in [0.2, 0.25) is 0 Å². The smallest absolute Gasteiger partial charge is 0.263 e. The average Bonchev–Trinajstić information content (AvgIpc) is 2.68. The first kappa shape index (κ1) is 13.9. The average molecular weight is 286 g/mol. The number of aryl methyl sites for hydroxylation is 2. The van der Waals surface area contributed by atoms with Gasteiger partial charge in [0.25, 0.3) is 5.91 Å². The second kappa shape index (κ2) is 5.62. The van der Waals surface area contributed by atoms with Crippen molar-refractivity contribution in [3.05, 3.63) is 21.4 Å². The molecule has 0 radical (unpaired) electrons. The molecule has 0 N–H and O–H groups in total. The maximum Gasteiger partial charge on any atom is 0.263 e. The lowest BCUT2D eigenvalue weighted by molar-refractivity contribution is 0.0705. The Kier molecular flexibility index (Phi) is 4.33. The molecule has 1 heterocycles. The van der Waals surface area contributed by atoms with Crippen LogP contribution in [0.3, 0.4) is 0 Å². The van der Waals surface area contributed by atoms with Crippen LogP contribution in [0.5, 0.6) is 0 Å². The molecule has 1 fully saturated rings. The van der Waals surface area contributed by atoms with Gasteiger partial charge in [-0.2, -0.15) is 0 Å². The monoisotopic (exact) mass is 285 g/mol. The molecule has 1 aromatic heterocycles. The largest absolute Gasteiger partial charge is 0.337 e. The number of halogens is 1. The first-order chi connectivity index (χ1) is 8.50. The molecule has 1 amide bonds. The molecule has 1 aliphatic rings. The van der Waals surface area contributed by atoms with Crippen molar-refractivity contribution in [3.8, 4) is 0 Å². The van der Waals surface area contributed by atoms with E-state index in [-0.39, 0.29) is 17.3 Å². The van der Waals surface area contributed by atoms with Crippen LogP contribution in [0.2, 0.25) is 0 Å². The number of hydrogen-bond acceptors (Lipinski definition) is 2. The van der Waals surface area contributed by atoms with Crippen LogP contribution in [0.15, 0.2) is 6.07 Å². The van der Waals surface area contributed by atoms with E-state index in [0.29, 0.717) is 0 Å². The van der Waals surface area contributed by atoms with Crippen molar-refractivity contribution in [1.29, 1.82) is 0 Å². The number of thiophene rings is 1. The second-order valence-electron chi connectivity index (χ2n) is 5.13. The molecule has 1 saturated carbocycles. The highest BCUT2D eigenvalue weighted by Crippen LogP contribution is 2.29. The van der Waals surface area contributed by atoms with E-state index < -0.39 is 0 Å². The van der Waals surface area contributed by atoms with Crippen LogP contribution >= 0.6 is 22.9 Å². The predicted molar refractivity (Wildman–Crippen MR) is 77.8 cm³/mol. The maximum atomic E-state index is 12.4. The van der Waals surface area contributed by atoms with Crippen molar-refractivity contribution in [2.75, 3.05) is 7.05 Å². The molecule has 2 nitrogen and oxygen atoms in total. The third kappa shape index (κ3) is 2.72. The van der Waals surface area contributed by atoms with E-state index in [4.69, 9.17) is 11.6 Å². The summed E-state index contributed by atoms with van der Waals surface area (Å²) in [5.41, 5.74) is 1.20. The summed E-state index contributed by atoms with van der Waals surface area (Å²) in [4.78, 5) is 16.3. The summed E-state index contributed by atoms with van der Waals surface area (Å²) in [7, 11) is 1.89. The highest BCUT2D eigenvalue weighted by atomic mass is 35.5. The maximum absolute atomic E-state index is 12.4. The number of rotatable bonds is 2. The number of amides is 1. The standard InChI is InChI=1S/C14H20ClNOS/c1-9-8-13(18-10(9)2)14(17)16(3)12-7-5-4-6-11(12)15/h8,11-12H,4-7H2,1-3H3. The van der Waals surface area contributed by atoms with E-state index in [0.717, 1.165) is 17.7 Å². The molecule has 1 aromatic rings. The number of hydrogen-bond donors (Lipinski definition) is 0. The van der Waals surface area contributed by atoms with Crippen LogP contribution in [-0.2, 0) is 0 Å². The molecule has 2 unspecified atom stereocenters. The lowest BCUT2D eigenvalue weighted by Gasteiger charge is -2.34. The van der Waals surface area contributed by atoms with Gasteiger partial charge in [-0.25, -0.2) is 0 Å². The lowest BCUT2D eigenvalue weighted by Crippen LogP contribution is -2.44. The summed E-state index contributed by atoms with van der Waals surface area (Å²) in [6.07, 6.45) is 4.41. The van der Waals surface area contributed by atoms with Gasteiger partial charge < -0.3 is 4.90 Å². The molecule has 0 bridgehead atoms. The Bertz CT molecular complexity index is 424. The summed E-state index contributed by atoms with van der Waals surface area (Å²) in [6.45, 7) is 4.11. The van der Waals surface area contributed by atoms with Crippen molar-refractivity contribution < 1.29 is 4.79 Å². The zero-order chi connectivity index (χ0) is 13.3. The molecule has 0 saturated heterocycles. The molecule has 100 valence electrons. The Morgan fingerprint density at radius 2 is 2.06 bits per heavy atom. The molecule has 2 rings (SSSR count). The van der Waals surface area contributed by atoms with Crippen molar-refractivity contribution in [2.45, 2.75) is 50.9 Å². The summed E-state index contributed by atoms with van der Waals surface area (Å²) in [6, 6.07) is 2.18. The van der Waals surface area contributed by atoms with Crippen molar-refractivity contribution >= 4 is 28.8 Å². The van der Waals surface area contributed by atoms with Crippen LogP contribution < -0.4 is 0 Å². The normalized spacial score (nSPS) is 24.0. The Morgan fingerprint density at radius 1 is 1.39 bits per heavy atom. The topological polar surface area (TPSA) is 20.3 Å². The number of carbonyl (C=O) groups is 1. The van der Waals surface area contributed by atoms with E-state index >= 15 is 0 Å². The van der Waals surface area contributed by atoms with E-state index in [1.807, 2.05) is 24.9 Å². The molecular weight excluding hydrogens is 266 g/mol. The molecule has 0 spiro atoms. The highest BCUT2D eigenvalue weighted by Gasteiger charge is 2.30. The van der Waals surface area contributed by atoms with Gasteiger partial charge in [0.1, 0.15) is 0 Å². The third-order valence-corrected chi connectivity index (χ3v) is 5.49. The Labute approximate surface area is 118 Å². The molecular formula is C14H20ClNOS. The first-order valence-electron chi connectivity index (χ1n) is 6.49. The SMILES string of the molecule is Cc1cc(C(=O)N(C)C2CCCCC2Cl)sc1C. The highest BCUT2D eigenvalue weighted by molar-refractivity contribution is 7.14. The van der Waals surface area contributed by atoms with Crippen LogP contribution in [0.1, 0.15) is 45.8 Å². The van der Waals surface area contributed by atoms with Crippen LogP contribution in [-0.4, -0.2) is 29.3 Å². The number of alkyl halides is 1. The molecule has 0 aromatic carbocycles. The van der Waals surface area contributed by atoms with Gasteiger partial charge >= 0.3 is 0 Å². The number of nitrogens with zero attached hydrogens (tertiary/aromatic N) is 1. The second-order valence-corrected chi connectivity index (χ2v) is 6.95. The Balaban J connectivity index is 2.12. The van der Waals surface area contributed by atoms with Crippen LogP contribution in [0.25, 0.3) is 0 Å². The summed E-state index contributed by atoms with van der Waals surface area (Å²) < 4.78 is 0. The third-order valence-electron chi connectivity index (χ3n) is 3.84. The number of carbonyl (C=O) groups excluding carboxylic acids is 1. The first-order valence-corrected chi connectivity index (χ1v) is 7.74. The van der Waals surface area contributed by atoms with Gasteiger partial charge in [0.15, 0.2) is 0 Å². The van der Waals surface area contributed by atoms with E-state index in [1.165, 1.54) is 23.3 Å². The molecule has 1 aliphatic carbocycles. The van der Waals surface area contributed by atoms with Gasteiger partial charge in [-0.05, 0) is 38.3 Å². The van der Waals surface area contributed by atoms with Crippen LogP contribution in [0.4, 0.5) is 0 Å². The minimum Gasteiger partial charge on any atom is -0.337 e. The predicted octanol–water partition coefficient (Wildman–Crippen LogP) is 3.99. The molecule has 18 heavy (non-hydrogen) atoms. The van der Waals surface area contributed by atoms with Crippen LogP contribution in [0, 0.1) is 13.8 Å². The lowest BCUT2D eigenvalue weighted by atomic mass is 9.94. The van der Waals surface area contributed by atoms with Crippen molar-refractivity contribution in [2.24, 2.45) is 0 Å². The molecule has 4 heteroatoms. The van der Waals surface area contributed by atoms with Crippen molar-refractivity contribution in [3.63, 3.8) is 0 Å². The van der Waals surface area contributed by atoms with Gasteiger partial charge in [-0.15, -0.1) is 22.9 Å². The van der Waals surface area contributed by atoms with Gasteiger partial charge in [-0.3, -0.25) is 4.79 Å². The molecule has 0 aliphatic heterocycles. The fourth-order valence-electron chi connectivity index (χ4n) is 2.51. The summed E-state index contributed by atoms with van der Waals surface area (Å²) >= 11 is 7.94. The zero-order valence-electron chi connectivity index (χ0n) is 11.2. The fraction of sp³-hybridized carbons (Fsp3) is 0.643. The van der Waals surface area contributed by atoms with E-state index in [2.05, 4.69) is 6.92 Å². The minimum atomic E-state index is 0.106. The van der Waals surface area contributed by atoms with E-state index in [9.17, 15) is 4.79 Å². The Morgan fingerprint density at radius 3 is 2.61 bits per heavy atom. The zero-order valence-corrected chi connectivity index (χ0v) is 12.8. The van der Waals surface area contributed by atoms with Gasteiger partial charge in [0.05, 0.1) is 10.3 Å².